The Morgan fingerprint density at radius 3 is 3.00 bits per heavy atom. The zero-order chi connectivity index (χ0) is 14.2. The number of fused-ring (bicyclic) bond motifs is 3. The lowest BCUT2D eigenvalue weighted by molar-refractivity contribution is -0.134. The fraction of sp³-hybridized carbons (Fsp3) is 0.471. The van der Waals surface area contributed by atoms with Crippen molar-refractivity contribution in [3.05, 3.63) is 35.5 Å². The lowest BCUT2D eigenvalue weighted by Gasteiger charge is -2.32. The van der Waals surface area contributed by atoms with Gasteiger partial charge in [0.1, 0.15) is 0 Å². The van der Waals surface area contributed by atoms with Crippen molar-refractivity contribution in [3.8, 4) is 0 Å². The highest BCUT2D eigenvalue weighted by Crippen LogP contribution is 2.28. The van der Waals surface area contributed by atoms with Crippen LogP contribution in [0.3, 0.4) is 0 Å². The molecule has 1 aromatic heterocycles. The molecular formula is C17H21N3O. The van der Waals surface area contributed by atoms with Gasteiger partial charge in [-0.2, -0.15) is 0 Å². The molecule has 2 N–H and O–H groups in total. The maximum atomic E-state index is 12.7. The molecule has 3 heterocycles. The number of nitrogens with zero attached hydrogens (tertiary/aromatic N) is 1. The Morgan fingerprint density at radius 1 is 1.24 bits per heavy atom. The molecule has 4 rings (SSSR count). The third-order valence-electron chi connectivity index (χ3n) is 4.80. The first-order valence-electron chi connectivity index (χ1n) is 7.93. The van der Waals surface area contributed by atoms with E-state index >= 15 is 0 Å². The number of rotatable bonds is 1. The Labute approximate surface area is 124 Å². The fourth-order valence-corrected chi connectivity index (χ4v) is 3.64. The quantitative estimate of drug-likeness (QED) is 0.843. The smallest absolute Gasteiger partial charge is 0.240 e. The van der Waals surface area contributed by atoms with Gasteiger partial charge in [0, 0.05) is 41.7 Å². The van der Waals surface area contributed by atoms with E-state index in [9.17, 15) is 4.79 Å². The molecule has 4 heteroatoms. The van der Waals surface area contributed by atoms with Crippen molar-refractivity contribution in [2.24, 2.45) is 0 Å². The van der Waals surface area contributed by atoms with Crippen LogP contribution in [0.25, 0.3) is 10.9 Å². The lowest BCUT2D eigenvalue weighted by Crippen LogP contribution is -2.49. The highest BCUT2D eigenvalue weighted by atomic mass is 16.2. The molecule has 1 amide bonds. The van der Waals surface area contributed by atoms with Gasteiger partial charge in [-0.05, 0) is 25.5 Å². The molecule has 0 radical (unpaired) electrons. The van der Waals surface area contributed by atoms with Crippen LogP contribution in [0.2, 0.25) is 0 Å². The number of aromatic amines is 1. The standard InChI is InChI=1S/C17H21N3O/c21-17(16-7-3-4-9-18-16)20-10-8-15-13(11-20)12-5-1-2-6-14(12)19-15/h1-2,5-6,16,18-19H,3-4,7-11H2/t16-/m0/s1. The number of carbonyl (C=O) groups excluding carboxylic acids is 1. The average molecular weight is 283 g/mol. The summed E-state index contributed by atoms with van der Waals surface area (Å²) in [4.78, 5) is 18.2. The molecule has 4 nitrogen and oxygen atoms in total. The van der Waals surface area contributed by atoms with Crippen LogP contribution in [0.15, 0.2) is 24.3 Å². The number of hydrogen-bond acceptors (Lipinski definition) is 2. The van der Waals surface area contributed by atoms with Crippen LogP contribution in [0, 0.1) is 0 Å². The van der Waals surface area contributed by atoms with Gasteiger partial charge in [-0.3, -0.25) is 4.79 Å². The molecular weight excluding hydrogens is 262 g/mol. The second-order valence-electron chi connectivity index (χ2n) is 6.14. The Kier molecular flexibility index (Phi) is 3.19. The Morgan fingerprint density at radius 2 is 2.14 bits per heavy atom. The molecule has 1 aromatic carbocycles. The number of piperidine rings is 1. The summed E-state index contributed by atoms with van der Waals surface area (Å²) >= 11 is 0. The predicted molar refractivity (Wildman–Crippen MR) is 83.1 cm³/mol. The van der Waals surface area contributed by atoms with Gasteiger partial charge >= 0.3 is 0 Å². The highest BCUT2D eigenvalue weighted by Gasteiger charge is 2.29. The van der Waals surface area contributed by atoms with Crippen LogP contribution in [0.4, 0.5) is 0 Å². The summed E-state index contributed by atoms with van der Waals surface area (Å²) in [5.41, 5.74) is 3.80. The zero-order valence-electron chi connectivity index (χ0n) is 12.2. The molecule has 2 aliphatic rings. The number of para-hydroxylation sites is 1. The minimum absolute atomic E-state index is 0.0329. The molecule has 0 unspecified atom stereocenters. The Balaban J connectivity index is 1.59. The summed E-state index contributed by atoms with van der Waals surface area (Å²) in [6.45, 7) is 2.55. The van der Waals surface area contributed by atoms with E-state index in [4.69, 9.17) is 0 Å². The summed E-state index contributed by atoms with van der Waals surface area (Å²) in [7, 11) is 0. The van der Waals surface area contributed by atoms with Crippen LogP contribution in [-0.2, 0) is 17.8 Å². The molecule has 2 aliphatic heterocycles. The molecule has 2 aromatic rings. The van der Waals surface area contributed by atoms with Crippen LogP contribution in [-0.4, -0.2) is 34.9 Å². The second-order valence-corrected chi connectivity index (χ2v) is 6.14. The first kappa shape index (κ1) is 12.9. The molecule has 110 valence electrons. The molecule has 1 saturated heterocycles. The maximum Gasteiger partial charge on any atom is 0.240 e. The van der Waals surface area contributed by atoms with E-state index in [0.29, 0.717) is 0 Å². The van der Waals surface area contributed by atoms with Gasteiger partial charge < -0.3 is 15.2 Å². The van der Waals surface area contributed by atoms with E-state index in [2.05, 4.69) is 34.6 Å². The molecule has 0 saturated carbocycles. The summed E-state index contributed by atoms with van der Waals surface area (Å²) < 4.78 is 0. The minimum atomic E-state index is 0.0329. The summed E-state index contributed by atoms with van der Waals surface area (Å²) in [5, 5.41) is 4.64. The molecule has 0 spiro atoms. The number of benzene rings is 1. The van der Waals surface area contributed by atoms with Crippen molar-refractivity contribution in [1.29, 1.82) is 0 Å². The third kappa shape index (κ3) is 2.23. The number of nitrogens with one attached hydrogen (secondary N) is 2. The zero-order valence-corrected chi connectivity index (χ0v) is 12.2. The molecule has 1 atom stereocenters. The summed E-state index contributed by atoms with van der Waals surface area (Å²) in [6, 6.07) is 8.42. The number of carbonyl (C=O) groups is 1. The maximum absolute atomic E-state index is 12.7. The van der Waals surface area contributed by atoms with Crippen molar-refractivity contribution in [2.75, 3.05) is 13.1 Å². The van der Waals surface area contributed by atoms with Crippen molar-refractivity contribution >= 4 is 16.8 Å². The van der Waals surface area contributed by atoms with E-state index in [1.165, 1.54) is 28.6 Å². The lowest BCUT2D eigenvalue weighted by atomic mass is 10.0. The minimum Gasteiger partial charge on any atom is -0.358 e. The van der Waals surface area contributed by atoms with Crippen LogP contribution in [0.5, 0.6) is 0 Å². The van der Waals surface area contributed by atoms with Gasteiger partial charge in [0.05, 0.1) is 6.04 Å². The predicted octanol–water partition coefficient (Wildman–Crippen LogP) is 2.19. The SMILES string of the molecule is O=C([C@@H]1CCCCN1)N1CCc2[nH]c3ccccc3c2C1. The van der Waals surface area contributed by atoms with Gasteiger partial charge in [-0.25, -0.2) is 0 Å². The first-order chi connectivity index (χ1) is 10.3. The first-order valence-corrected chi connectivity index (χ1v) is 7.93. The normalized spacial score (nSPS) is 22.3. The Hall–Kier alpha value is -1.81. The number of hydrogen-bond donors (Lipinski definition) is 2. The van der Waals surface area contributed by atoms with Crippen LogP contribution >= 0.6 is 0 Å². The highest BCUT2D eigenvalue weighted by molar-refractivity contribution is 5.87. The molecule has 0 aliphatic carbocycles. The topological polar surface area (TPSA) is 48.1 Å². The van der Waals surface area contributed by atoms with E-state index in [0.717, 1.165) is 38.9 Å². The van der Waals surface area contributed by atoms with E-state index in [1.807, 2.05) is 4.90 Å². The monoisotopic (exact) mass is 283 g/mol. The number of aromatic nitrogens is 1. The largest absolute Gasteiger partial charge is 0.358 e. The van der Waals surface area contributed by atoms with Gasteiger partial charge in [0.25, 0.3) is 0 Å². The average Bonchev–Trinajstić information content (AvgIpc) is 2.93. The molecule has 1 fully saturated rings. The van der Waals surface area contributed by atoms with Crippen LogP contribution in [0.1, 0.15) is 30.5 Å². The van der Waals surface area contributed by atoms with E-state index in [1.54, 1.807) is 0 Å². The van der Waals surface area contributed by atoms with E-state index < -0.39 is 0 Å². The van der Waals surface area contributed by atoms with Crippen molar-refractivity contribution < 1.29 is 4.79 Å². The fourth-order valence-electron chi connectivity index (χ4n) is 3.64. The number of amides is 1. The van der Waals surface area contributed by atoms with Gasteiger partial charge in [0.2, 0.25) is 5.91 Å². The Bertz CT molecular complexity index is 670. The van der Waals surface area contributed by atoms with Gasteiger partial charge in [0.15, 0.2) is 0 Å². The third-order valence-corrected chi connectivity index (χ3v) is 4.80. The van der Waals surface area contributed by atoms with Crippen molar-refractivity contribution in [3.63, 3.8) is 0 Å². The summed E-state index contributed by atoms with van der Waals surface area (Å²) in [5.74, 6) is 0.283. The summed E-state index contributed by atoms with van der Waals surface area (Å²) in [6.07, 6.45) is 4.27. The molecule has 21 heavy (non-hydrogen) atoms. The second kappa shape index (κ2) is 5.19. The number of H-pyrrole nitrogens is 1. The van der Waals surface area contributed by atoms with Crippen molar-refractivity contribution in [1.82, 2.24) is 15.2 Å². The van der Waals surface area contributed by atoms with Crippen LogP contribution < -0.4 is 5.32 Å². The van der Waals surface area contributed by atoms with Gasteiger partial charge in [-0.1, -0.05) is 24.6 Å². The van der Waals surface area contributed by atoms with E-state index in [-0.39, 0.29) is 11.9 Å². The van der Waals surface area contributed by atoms with Crippen molar-refractivity contribution in [2.45, 2.75) is 38.3 Å². The molecule has 0 bridgehead atoms. The van der Waals surface area contributed by atoms with Gasteiger partial charge in [-0.15, -0.1) is 0 Å².